The predicted molar refractivity (Wildman–Crippen MR) is 163 cm³/mol. The standard InChI is InChI=1S/C34H42N4O3/c1-4-32(40)38(3)27-16-10-23(11-17-27)18-31(39)37-30-19-28(24-8-6-5-7-9-24)29(20-36-30)25-12-14-26(15-13-25)34(35)21-33(2,41)22-34/h5-9,12-15,19-20,23,27,41H,4,10-11,16-18,21-22,35H2,1-3H3,(H,36,37,39)/t23?,27?,33-,34-. The zero-order valence-corrected chi connectivity index (χ0v) is 24.4. The van der Waals surface area contributed by atoms with E-state index in [-0.39, 0.29) is 17.9 Å². The van der Waals surface area contributed by atoms with Crippen LogP contribution in [-0.4, -0.2) is 45.5 Å². The van der Waals surface area contributed by atoms with Crippen molar-refractivity contribution in [3.05, 3.63) is 72.4 Å². The maximum Gasteiger partial charge on any atom is 0.225 e. The van der Waals surface area contributed by atoms with Crippen LogP contribution < -0.4 is 11.1 Å². The largest absolute Gasteiger partial charge is 0.390 e. The summed E-state index contributed by atoms with van der Waals surface area (Å²) in [6, 6.07) is 20.5. The van der Waals surface area contributed by atoms with Crippen molar-refractivity contribution in [2.24, 2.45) is 11.7 Å². The van der Waals surface area contributed by atoms with Gasteiger partial charge >= 0.3 is 0 Å². The average molecular weight is 555 g/mol. The number of carbonyl (C=O) groups excluding carboxylic acids is 2. The van der Waals surface area contributed by atoms with E-state index in [9.17, 15) is 14.7 Å². The number of nitrogens with two attached hydrogens (primary N) is 1. The van der Waals surface area contributed by atoms with Crippen LogP contribution in [0.3, 0.4) is 0 Å². The van der Waals surface area contributed by atoms with Crippen LogP contribution in [0.15, 0.2) is 66.9 Å². The van der Waals surface area contributed by atoms with Crippen molar-refractivity contribution >= 4 is 17.6 Å². The van der Waals surface area contributed by atoms with Crippen LogP contribution in [0.25, 0.3) is 22.3 Å². The summed E-state index contributed by atoms with van der Waals surface area (Å²) >= 11 is 0. The number of nitrogens with zero attached hydrogens (tertiary/aromatic N) is 2. The highest BCUT2D eigenvalue weighted by Crippen LogP contribution is 2.46. The fourth-order valence-electron chi connectivity index (χ4n) is 6.75. The second-order valence-corrected chi connectivity index (χ2v) is 12.4. The Morgan fingerprint density at radius 1 is 1.00 bits per heavy atom. The first-order valence-corrected chi connectivity index (χ1v) is 14.8. The van der Waals surface area contributed by atoms with E-state index in [1.807, 2.05) is 68.4 Å². The van der Waals surface area contributed by atoms with E-state index >= 15 is 0 Å². The molecule has 216 valence electrons. The molecule has 1 heterocycles. The first-order chi connectivity index (χ1) is 19.6. The van der Waals surface area contributed by atoms with Gasteiger partial charge in [-0.15, -0.1) is 0 Å². The maximum absolute atomic E-state index is 13.0. The Kier molecular flexibility index (Phi) is 8.30. The number of nitrogens with one attached hydrogen (secondary N) is 1. The van der Waals surface area contributed by atoms with Crippen molar-refractivity contribution in [1.29, 1.82) is 0 Å². The molecule has 0 radical (unpaired) electrons. The van der Waals surface area contributed by atoms with Crippen molar-refractivity contribution in [2.45, 2.75) is 82.4 Å². The monoisotopic (exact) mass is 554 g/mol. The van der Waals surface area contributed by atoms with Crippen molar-refractivity contribution in [2.75, 3.05) is 12.4 Å². The van der Waals surface area contributed by atoms with E-state index in [4.69, 9.17) is 5.73 Å². The second-order valence-electron chi connectivity index (χ2n) is 12.4. The number of hydrogen-bond donors (Lipinski definition) is 3. The van der Waals surface area contributed by atoms with Gasteiger partial charge in [0, 0.05) is 43.2 Å². The average Bonchev–Trinajstić information content (AvgIpc) is 2.96. The molecule has 2 fully saturated rings. The molecule has 3 aromatic rings. The summed E-state index contributed by atoms with van der Waals surface area (Å²) in [4.78, 5) is 31.6. The van der Waals surface area contributed by atoms with E-state index in [0.29, 0.717) is 37.4 Å². The van der Waals surface area contributed by atoms with Gasteiger partial charge in [-0.3, -0.25) is 9.59 Å². The molecule has 4 N–H and O–H groups in total. The van der Waals surface area contributed by atoms with Gasteiger partial charge in [0.2, 0.25) is 11.8 Å². The molecule has 0 atom stereocenters. The summed E-state index contributed by atoms with van der Waals surface area (Å²) in [7, 11) is 1.89. The number of carbonyl (C=O) groups is 2. The fraction of sp³-hybridized carbons (Fsp3) is 0.441. The van der Waals surface area contributed by atoms with Gasteiger partial charge in [-0.1, -0.05) is 61.5 Å². The molecule has 0 saturated heterocycles. The van der Waals surface area contributed by atoms with Gasteiger partial charge in [-0.05, 0) is 79.7 Å². The lowest BCUT2D eigenvalue weighted by molar-refractivity contribution is -0.132. The SMILES string of the molecule is CCC(=O)N(C)C1CCC(CC(=O)Nc2cc(-c3ccccc3)c(-c3ccc([C@]4(N)C[C@](C)(O)C4)cc3)cn2)CC1. The Labute approximate surface area is 243 Å². The fourth-order valence-corrected chi connectivity index (χ4v) is 6.75. The maximum atomic E-state index is 13.0. The first kappa shape index (κ1) is 29.0. The number of aliphatic hydroxyl groups is 1. The Morgan fingerprint density at radius 2 is 1.63 bits per heavy atom. The third kappa shape index (κ3) is 6.52. The highest BCUT2D eigenvalue weighted by atomic mass is 16.3. The van der Waals surface area contributed by atoms with Gasteiger partial charge in [0.1, 0.15) is 5.82 Å². The van der Waals surface area contributed by atoms with Crippen molar-refractivity contribution < 1.29 is 14.7 Å². The molecule has 5 rings (SSSR count). The lowest BCUT2D eigenvalue weighted by atomic mass is 9.63. The molecule has 2 aliphatic carbocycles. The number of amides is 2. The molecular formula is C34H42N4O3. The van der Waals surface area contributed by atoms with Gasteiger partial charge in [0.05, 0.1) is 5.60 Å². The van der Waals surface area contributed by atoms with E-state index in [0.717, 1.165) is 53.5 Å². The predicted octanol–water partition coefficient (Wildman–Crippen LogP) is 5.87. The molecule has 7 heteroatoms. The summed E-state index contributed by atoms with van der Waals surface area (Å²) in [6.07, 6.45) is 7.66. The summed E-state index contributed by atoms with van der Waals surface area (Å²) in [5, 5.41) is 13.2. The Balaban J connectivity index is 1.29. The molecule has 2 saturated carbocycles. The number of pyridine rings is 1. The van der Waals surface area contributed by atoms with E-state index < -0.39 is 11.1 Å². The van der Waals surface area contributed by atoms with Crippen LogP contribution in [-0.2, 0) is 15.1 Å². The van der Waals surface area contributed by atoms with E-state index in [1.54, 1.807) is 0 Å². The molecule has 0 aliphatic heterocycles. The number of anilines is 1. The number of benzene rings is 2. The van der Waals surface area contributed by atoms with Crippen LogP contribution in [0.4, 0.5) is 5.82 Å². The van der Waals surface area contributed by atoms with Crippen LogP contribution in [0.1, 0.15) is 70.8 Å². The smallest absolute Gasteiger partial charge is 0.225 e. The van der Waals surface area contributed by atoms with Crippen molar-refractivity contribution in [3.8, 4) is 22.3 Å². The number of rotatable bonds is 8. The summed E-state index contributed by atoms with van der Waals surface area (Å²) in [5.41, 5.74) is 10.4. The quantitative estimate of drug-likeness (QED) is 0.323. The molecule has 1 aromatic heterocycles. The number of hydrogen-bond acceptors (Lipinski definition) is 5. The van der Waals surface area contributed by atoms with Gasteiger partial charge < -0.3 is 21.1 Å². The lowest BCUT2D eigenvalue weighted by Crippen LogP contribution is -2.58. The van der Waals surface area contributed by atoms with Crippen LogP contribution in [0.2, 0.25) is 0 Å². The van der Waals surface area contributed by atoms with Gasteiger partial charge in [0.25, 0.3) is 0 Å². The zero-order chi connectivity index (χ0) is 29.2. The van der Waals surface area contributed by atoms with Crippen molar-refractivity contribution in [1.82, 2.24) is 9.88 Å². The third-order valence-electron chi connectivity index (χ3n) is 8.95. The minimum atomic E-state index is -0.705. The van der Waals surface area contributed by atoms with Crippen LogP contribution >= 0.6 is 0 Å². The van der Waals surface area contributed by atoms with Crippen LogP contribution in [0, 0.1) is 5.92 Å². The molecule has 2 amide bonds. The Morgan fingerprint density at radius 3 is 2.24 bits per heavy atom. The molecule has 7 nitrogen and oxygen atoms in total. The first-order valence-electron chi connectivity index (χ1n) is 14.8. The summed E-state index contributed by atoms with van der Waals surface area (Å²) in [6.45, 7) is 3.72. The summed E-state index contributed by atoms with van der Waals surface area (Å²) in [5.74, 6) is 1.00. The zero-order valence-electron chi connectivity index (χ0n) is 24.4. The third-order valence-corrected chi connectivity index (χ3v) is 8.95. The minimum Gasteiger partial charge on any atom is -0.390 e. The minimum absolute atomic E-state index is 0.0281. The highest BCUT2D eigenvalue weighted by molar-refractivity contribution is 5.92. The Hall–Kier alpha value is -3.55. The van der Waals surface area contributed by atoms with Crippen LogP contribution in [0.5, 0.6) is 0 Å². The molecule has 2 aromatic carbocycles. The second kappa shape index (κ2) is 11.7. The lowest BCUT2D eigenvalue weighted by Gasteiger charge is -2.49. The highest BCUT2D eigenvalue weighted by Gasteiger charge is 2.49. The normalized spacial score (nSPS) is 25.7. The Bertz CT molecular complexity index is 1370. The molecule has 0 spiro atoms. The summed E-state index contributed by atoms with van der Waals surface area (Å²) < 4.78 is 0. The molecule has 0 unspecified atom stereocenters. The van der Waals surface area contributed by atoms with E-state index in [2.05, 4.69) is 34.6 Å². The van der Waals surface area contributed by atoms with Crippen molar-refractivity contribution in [3.63, 3.8) is 0 Å². The number of aromatic nitrogens is 1. The van der Waals surface area contributed by atoms with Gasteiger partial charge in [-0.2, -0.15) is 0 Å². The van der Waals surface area contributed by atoms with Gasteiger partial charge in [0.15, 0.2) is 0 Å². The topological polar surface area (TPSA) is 109 Å². The molecule has 41 heavy (non-hydrogen) atoms. The van der Waals surface area contributed by atoms with E-state index in [1.165, 1.54) is 0 Å². The van der Waals surface area contributed by atoms with Gasteiger partial charge in [-0.25, -0.2) is 4.98 Å². The molecule has 0 bridgehead atoms. The molecular weight excluding hydrogens is 512 g/mol. The molecule has 2 aliphatic rings.